The Labute approximate surface area is 181 Å². The van der Waals surface area contributed by atoms with Crippen LogP contribution in [-0.4, -0.2) is 47.0 Å². The molecule has 0 saturated carbocycles. The molecule has 10 heteroatoms. The maximum atomic E-state index is 12.0. The molecule has 0 bridgehead atoms. The first-order chi connectivity index (χ1) is 13.9. The number of carbonyl (C=O) groups excluding carboxylic acids is 2. The number of hydrogen-bond acceptors (Lipinski definition) is 8. The lowest BCUT2D eigenvalue weighted by Gasteiger charge is -2.09. The molecule has 0 fully saturated rings. The lowest BCUT2D eigenvalue weighted by atomic mass is 10.2. The average Bonchev–Trinajstić information content (AvgIpc) is 2.65. The summed E-state index contributed by atoms with van der Waals surface area (Å²) < 4.78 is 11.1. The van der Waals surface area contributed by atoms with E-state index in [-0.39, 0.29) is 24.9 Å². The third kappa shape index (κ3) is 8.20. The number of ether oxygens (including phenoxy) is 2. The molecule has 0 unspecified atom stereocenters. The molecule has 1 amide bonds. The summed E-state index contributed by atoms with van der Waals surface area (Å²) in [6.45, 7) is 5.55. The van der Waals surface area contributed by atoms with E-state index < -0.39 is 5.97 Å². The van der Waals surface area contributed by atoms with E-state index >= 15 is 0 Å². The number of rotatable bonds is 9. The monoisotopic (exact) mass is 480 g/mol. The largest absolute Gasteiger partial charge is 0.481 e. The van der Waals surface area contributed by atoms with Gasteiger partial charge in [0.15, 0.2) is 11.8 Å². The molecule has 1 aromatic carbocycles. The van der Waals surface area contributed by atoms with Crippen molar-refractivity contribution >= 4 is 45.8 Å². The predicted octanol–water partition coefficient (Wildman–Crippen LogP) is 3.04. The van der Waals surface area contributed by atoms with Crippen molar-refractivity contribution in [2.45, 2.75) is 25.9 Å². The third-order valence-corrected chi connectivity index (χ3v) is 4.65. The van der Waals surface area contributed by atoms with Crippen LogP contribution in [0.4, 0.5) is 0 Å². The molecule has 29 heavy (non-hydrogen) atoms. The lowest BCUT2D eigenvalue weighted by molar-refractivity contribution is -0.145. The number of benzene rings is 1. The summed E-state index contributed by atoms with van der Waals surface area (Å²) in [6, 6.07) is 7.10. The summed E-state index contributed by atoms with van der Waals surface area (Å²) >= 11 is 4.60. The van der Waals surface area contributed by atoms with Crippen LogP contribution in [-0.2, 0) is 14.3 Å². The zero-order valence-electron chi connectivity index (χ0n) is 16.3. The lowest BCUT2D eigenvalue weighted by Crippen LogP contribution is -2.20. The maximum absolute atomic E-state index is 12.0. The molecule has 0 spiro atoms. The topological polar surface area (TPSA) is 103 Å². The number of nitrogens with one attached hydrogen (secondary N) is 1. The van der Waals surface area contributed by atoms with E-state index in [4.69, 9.17) is 9.47 Å². The minimum atomic E-state index is -0.461. The second-order valence-electron chi connectivity index (χ2n) is 5.79. The van der Waals surface area contributed by atoms with Gasteiger partial charge in [-0.25, -0.2) is 20.2 Å². The number of carbonyl (C=O) groups is 2. The Kier molecular flexibility index (Phi) is 9.07. The smallest absolute Gasteiger partial charge is 0.344 e. The molecular formula is C19H21BrN4O4S. The van der Waals surface area contributed by atoms with Crippen LogP contribution in [0.3, 0.4) is 0 Å². The molecule has 0 aliphatic carbocycles. The fraction of sp³-hybridized carbons (Fsp3) is 0.316. The van der Waals surface area contributed by atoms with Gasteiger partial charge in [-0.15, -0.1) is 0 Å². The van der Waals surface area contributed by atoms with Crippen molar-refractivity contribution in [1.29, 1.82) is 0 Å². The van der Waals surface area contributed by atoms with E-state index in [1.165, 1.54) is 18.0 Å². The van der Waals surface area contributed by atoms with Gasteiger partial charge in [-0.3, -0.25) is 4.79 Å². The molecule has 1 heterocycles. The van der Waals surface area contributed by atoms with Gasteiger partial charge in [0.2, 0.25) is 0 Å². The highest BCUT2D eigenvalue weighted by Gasteiger charge is 2.08. The van der Waals surface area contributed by atoms with Crippen molar-refractivity contribution in [3.8, 4) is 5.75 Å². The van der Waals surface area contributed by atoms with Gasteiger partial charge < -0.3 is 9.47 Å². The van der Waals surface area contributed by atoms with Crippen LogP contribution in [0.15, 0.2) is 39.0 Å². The molecule has 0 aliphatic heterocycles. The molecular weight excluding hydrogens is 460 g/mol. The van der Waals surface area contributed by atoms with Gasteiger partial charge in [-0.1, -0.05) is 27.7 Å². The van der Waals surface area contributed by atoms with Crippen LogP contribution < -0.4 is 10.2 Å². The van der Waals surface area contributed by atoms with Gasteiger partial charge in [0.1, 0.15) is 5.75 Å². The molecule has 0 saturated heterocycles. The first kappa shape index (κ1) is 22.8. The highest BCUT2D eigenvalue weighted by Crippen LogP contribution is 2.22. The second-order valence-corrected chi connectivity index (χ2v) is 7.65. The van der Waals surface area contributed by atoms with Gasteiger partial charge in [-0.05, 0) is 45.0 Å². The second kappa shape index (κ2) is 11.5. The van der Waals surface area contributed by atoms with Crippen molar-refractivity contribution in [2.24, 2.45) is 5.10 Å². The number of esters is 1. The van der Waals surface area contributed by atoms with Crippen LogP contribution in [0.1, 0.15) is 23.9 Å². The van der Waals surface area contributed by atoms with Gasteiger partial charge in [0.25, 0.3) is 5.91 Å². The normalized spacial score (nSPS) is 10.8. The van der Waals surface area contributed by atoms with Crippen molar-refractivity contribution in [2.75, 3.05) is 19.0 Å². The molecule has 2 aromatic rings. The standard InChI is InChI=1S/C19H21BrN4O4S/c1-4-27-18(26)10-28-16-6-5-15(20)8-14(16)9-21-24-17(25)11-29-19-22-12(2)7-13(3)23-19/h5-9H,4,10-11H2,1-3H3,(H,24,25)/b21-9-. The first-order valence-corrected chi connectivity index (χ1v) is 10.5. The highest BCUT2D eigenvalue weighted by atomic mass is 79.9. The highest BCUT2D eigenvalue weighted by molar-refractivity contribution is 9.10. The fourth-order valence-corrected chi connectivity index (χ4v) is 3.31. The molecule has 1 aromatic heterocycles. The van der Waals surface area contributed by atoms with E-state index in [0.29, 0.717) is 16.5 Å². The summed E-state index contributed by atoms with van der Waals surface area (Å²) in [6.07, 6.45) is 1.45. The van der Waals surface area contributed by atoms with Crippen molar-refractivity contribution in [3.05, 3.63) is 45.7 Å². The van der Waals surface area contributed by atoms with Crippen LogP contribution in [0.2, 0.25) is 0 Å². The predicted molar refractivity (Wildman–Crippen MR) is 114 cm³/mol. The summed E-state index contributed by atoms with van der Waals surface area (Å²) in [5.74, 6) is -0.183. The van der Waals surface area contributed by atoms with E-state index in [9.17, 15) is 9.59 Å². The number of aromatic nitrogens is 2. The van der Waals surface area contributed by atoms with Gasteiger partial charge in [-0.2, -0.15) is 5.10 Å². The first-order valence-electron chi connectivity index (χ1n) is 8.72. The zero-order chi connectivity index (χ0) is 21.2. The molecule has 1 N–H and O–H groups in total. The van der Waals surface area contributed by atoms with Crippen LogP contribution >= 0.6 is 27.7 Å². The molecule has 154 valence electrons. The Balaban J connectivity index is 1.92. The van der Waals surface area contributed by atoms with Gasteiger partial charge >= 0.3 is 5.97 Å². The number of thioether (sulfide) groups is 1. The van der Waals surface area contributed by atoms with Gasteiger partial charge in [0.05, 0.1) is 18.6 Å². The van der Waals surface area contributed by atoms with Gasteiger partial charge in [0, 0.05) is 21.4 Å². The maximum Gasteiger partial charge on any atom is 0.344 e. The summed E-state index contributed by atoms with van der Waals surface area (Å²) in [5, 5.41) is 4.50. The van der Waals surface area contributed by atoms with E-state index in [2.05, 4.69) is 36.4 Å². The summed E-state index contributed by atoms with van der Waals surface area (Å²) in [5.41, 5.74) is 4.75. The number of halogens is 1. The Bertz CT molecular complexity index is 888. The Morgan fingerprint density at radius 3 is 2.66 bits per heavy atom. The van der Waals surface area contributed by atoms with Crippen molar-refractivity contribution < 1.29 is 19.1 Å². The molecule has 2 rings (SSSR count). The number of hydrazone groups is 1. The SMILES string of the molecule is CCOC(=O)COc1ccc(Br)cc1/C=N\NC(=O)CSc1nc(C)cc(C)n1. The summed E-state index contributed by atoms with van der Waals surface area (Å²) in [7, 11) is 0. The minimum absolute atomic E-state index is 0.130. The number of nitrogens with zero attached hydrogens (tertiary/aromatic N) is 3. The zero-order valence-corrected chi connectivity index (χ0v) is 18.7. The van der Waals surface area contributed by atoms with Crippen LogP contribution in [0, 0.1) is 13.8 Å². The number of aryl methyl sites for hydroxylation is 2. The quantitative estimate of drug-likeness (QED) is 0.193. The van der Waals surface area contributed by atoms with E-state index in [1.54, 1.807) is 25.1 Å². The van der Waals surface area contributed by atoms with Crippen LogP contribution in [0.5, 0.6) is 5.75 Å². The molecule has 8 nitrogen and oxygen atoms in total. The summed E-state index contributed by atoms with van der Waals surface area (Å²) in [4.78, 5) is 32.0. The van der Waals surface area contributed by atoms with Crippen molar-refractivity contribution in [1.82, 2.24) is 15.4 Å². The number of hydrogen-bond donors (Lipinski definition) is 1. The fourth-order valence-electron chi connectivity index (χ4n) is 2.19. The molecule has 0 atom stereocenters. The van der Waals surface area contributed by atoms with E-state index in [1.807, 2.05) is 19.9 Å². The number of amides is 1. The third-order valence-electron chi connectivity index (χ3n) is 3.31. The molecule has 0 radical (unpaired) electrons. The van der Waals surface area contributed by atoms with Crippen LogP contribution in [0.25, 0.3) is 0 Å². The van der Waals surface area contributed by atoms with E-state index in [0.717, 1.165) is 15.9 Å². The average molecular weight is 481 g/mol. The Morgan fingerprint density at radius 2 is 1.97 bits per heavy atom. The molecule has 0 aliphatic rings. The Morgan fingerprint density at radius 1 is 1.24 bits per heavy atom. The van der Waals surface area contributed by atoms with Crippen molar-refractivity contribution in [3.63, 3.8) is 0 Å². The Hall–Kier alpha value is -2.46. The minimum Gasteiger partial charge on any atom is -0.481 e.